The van der Waals surface area contributed by atoms with Gasteiger partial charge in [0.2, 0.25) is 5.78 Å². The number of carbonyl (C=O) groups excluding carboxylic acids is 1. The zero-order chi connectivity index (χ0) is 32.4. The largest absolute Gasteiger partial charge is 0.504 e. The van der Waals surface area contributed by atoms with Crippen molar-refractivity contribution in [1.82, 2.24) is 0 Å². The molecule has 1 unspecified atom stereocenters. The van der Waals surface area contributed by atoms with Crippen LogP contribution < -0.4 is 0 Å². The molecule has 230 valence electrons. The van der Waals surface area contributed by atoms with Gasteiger partial charge in [0.1, 0.15) is 0 Å². The van der Waals surface area contributed by atoms with Gasteiger partial charge in [-0.15, -0.1) is 0 Å². The fourth-order valence-electron chi connectivity index (χ4n) is 5.31. The van der Waals surface area contributed by atoms with Crippen LogP contribution in [0.25, 0.3) is 0 Å². The van der Waals surface area contributed by atoms with Gasteiger partial charge in [0.15, 0.2) is 5.76 Å². The SMILES string of the molecule is CC(C=CC=C(C)C=CC1=C(C)C(=O)C(O)=CC1(C)C)=CC=CC=C(C)C=CC=C(C)C=CC1=C(C)C(O)CCC1(C)C. The van der Waals surface area contributed by atoms with Crippen LogP contribution in [0.2, 0.25) is 0 Å². The van der Waals surface area contributed by atoms with Gasteiger partial charge in [-0.3, -0.25) is 4.79 Å². The van der Waals surface area contributed by atoms with E-state index in [0.717, 1.165) is 40.7 Å². The van der Waals surface area contributed by atoms with Gasteiger partial charge in [-0.2, -0.15) is 0 Å². The maximum absolute atomic E-state index is 12.2. The van der Waals surface area contributed by atoms with E-state index in [2.05, 4.69) is 83.2 Å². The van der Waals surface area contributed by atoms with Crippen molar-refractivity contribution in [2.45, 2.75) is 88.2 Å². The zero-order valence-corrected chi connectivity index (χ0v) is 28.0. The highest BCUT2D eigenvalue weighted by molar-refractivity contribution is 6.08. The van der Waals surface area contributed by atoms with E-state index in [1.165, 1.54) is 11.1 Å². The van der Waals surface area contributed by atoms with Crippen LogP contribution in [0, 0.1) is 10.8 Å². The summed E-state index contributed by atoms with van der Waals surface area (Å²) in [5.41, 5.74) is 8.06. The van der Waals surface area contributed by atoms with Crippen molar-refractivity contribution in [2.24, 2.45) is 10.8 Å². The van der Waals surface area contributed by atoms with Crippen LogP contribution in [0.5, 0.6) is 0 Å². The quantitative estimate of drug-likeness (QED) is 0.253. The number of carbonyl (C=O) groups is 1. The summed E-state index contributed by atoms with van der Waals surface area (Å²) in [6.45, 7) is 20.6. The minimum absolute atomic E-state index is 0.0924. The van der Waals surface area contributed by atoms with Crippen molar-refractivity contribution in [3.8, 4) is 0 Å². The Labute approximate surface area is 260 Å². The first-order valence-corrected chi connectivity index (χ1v) is 15.2. The first-order chi connectivity index (χ1) is 20.0. The third-order valence-electron chi connectivity index (χ3n) is 8.16. The summed E-state index contributed by atoms with van der Waals surface area (Å²) in [7, 11) is 0. The Morgan fingerprint density at radius 3 is 1.70 bits per heavy atom. The maximum atomic E-state index is 12.2. The lowest BCUT2D eigenvalue weighted by molar-refractivity contribution is -0.114. The second-order valence-electron chi connectivity index (χ2n) is 13.1. The molecule has 0 radical (unpaired) electrons. The van der Waals surface area contributed by atoms with Crippen molar-refractivity contribution in [2.75, 3.05) is 0 Å². The van der Waals surface area contributed by atoms with Crippen LogP contribution in [0.4, 0.5) is 0 Å². The predicted octanol–water partition coefficient (Wildman–Crippen LogP) is 10.4. The monoisotopic (exact) mass is 580 g/mol. The minimum atomic E-state index is -0.398. The van der Waals surface area contributed by atoms with Crippen LogP contribution in [-0.2, 0) is 4.79 Å². The van der Waals surface area contributed by atoms with E-state index in [0.29, 0.717) is 5.57 Å². The molecule has 0 amide bonds. The van der Waals surface area contributed by atoms with Gasteiger partial charge in [0.05, 0.1) is 6.10 Å². The Kier molecular flexibility index (Phi) is 13.0. The van der Waals surface area contributed by atoms with Crippen molar-refractivity contribution < 1.29 is 15.0 Å². The molecular weight excluding hydrogens is 528 g/mol. The number of aliphatic hydroxyl groups is 2. The first kappa shape index (κ1) is 35.5. The Morgan fingerprint density at radius 1 is 0.744 bits per heavy atom. The molecule has 0 aromatic carbocycles. The third kappa shape index (κ3) is 10.8. The van der Waals surface area contributed by atoms with E-state index in [9.17, 15) is 15.0 Å². The molecule has 0 heterocycles. The molecule has 2 N–H and O–H groups in total. The number of rotatable bonds is 10. The summed E-state index contributed by atoms with van der Waals surface area (Å²) in [6, 6.07) is 0. The van der Waals surface area contributed by atoms with E-state index < -0.39 is 5.41 Å². The summed E-state index contributed by atoms with van der Waals surface area (Å²) in [4.78, 5) is 12.2. The van der Waals surface area contributed by atoms with Gasteiger partial charge in [-0.1, -0.05) is 135 Å². The fraction of sp³-hybridized carbons (Fsp3) is 0.375. The average molecular weight is 581 g/mol. The molecule has 0 aliphatic heterocycles. The zero-order valence-electron chi connectivity index (χ0n) is 28.0. The predicted molar refractivity (Wildman–Crippen MR) is 185 cm³/mol. The van der Waals surface area contributed by atoms with Crippen LogP contribution in [0.3, 0.4) is 0 Å². The molecule has 0 saturated carbocycles. The summed E-state index contributed by atoms with van der Waals surface area (Å²) < 4.78 is 0. The van der Waals surface area contributed by atoms with Gasteiger partial charge in [-0.05, 0) is 82.6 Å². The van der Waals surface area contributed by atoms with E-state index >= 15 is 0 Å². The summed E-state index contributed by atoms with van der Waals surface area (Å²) in [5.74, 6) is -0.477. The molecule has 2 aliphatic carbocycles. The van der Waals surface area contributed by atoms with E-state index in [-0.39, 0.29) is 23.1 Å². The highest BCUT2D eigenvalue weighted by Crippen LogP contribution is 2.41. The average Bonchev–Trinajstić information content (AvgIpc) is 2.91. The molecule has 1 atom stereocenters. The molecular formula is C40H52O3. The maximum Gasteiger partial charge on any atom is 0.222 e. The molecule has 0 aromatic heterocycles. The van der Waals surface area contributed by atoms with Crippen LogP contribution >= 0.6 is 0 Å². The van der Waals surface area contributed by atoms with Crippen molar-refractivity contribution in [1.29, 1.82) is 0 Å². The standard InChI is InChI=1S/C40H52O3/c1-28(17-13-19-30(3)21-23-34-32(5)36(41)25-26-39(34,7)8)15-11-12-16-29(2)18-14-20-31(4)22-24-35-33(6)38(43)37(42)27-40(35,9)10/h11-24,27,36,41-42H,25-26H2,1-10H3. The Morgan fingerprint density at radius 2 is 1.19 bits per heavy atom. The van der Waals surface area contributed by atoms with Gasteiger partial charge >= 0.3 is 0 Å². The molecule has 0 aromatic rings. The highest BCUT2D eigenvalue weighted by atomic mass is 16.3. The first-order valence-electron chi connectivity index (χ1n) is 15.2. The summed E-state index contributed by atoms with van der Waals surface area (Å²) in [6.07, 6.45) is 32.0. The van der Waals surface area contributed by atoms with Gasteiger partial charge in [0.25, 0.3) is 0 Å². The van der Waals surface area contributed by atoms with E-state index in [4.69, 9.17) is 0 Å². The number of Topliss-reactive ketones (excluding diaryl/α,β-unsaturated/α-hetero) is 1. The summed E-state index contributed by atoms with van der Waals surface area (Å²) >= 11 is 0. The molecule has 0 saturated heterocycles. The molecule has 0 spiro atoms. The topological polar surface area (TPSA) is 57.5 Å². The number of aliphatic hydroxyl groups excluding tert-OH is 2. The molecule has 0 fully saturated rings. The minimum Gasteiger partial charge on any atom is -0.504 e. The lowest BCUT2D eigenvalue weighted by Crippen LogP contribution is -2.27. The smallest absolute Gasteiger partial charge is 0.222 e. The van der Waals surface area contributed by atoms with Crippen LogP contribution in [-0.4, -0.2) is 22.1 Å². The van der Waals surface area contributed by atoms with Crippen LogP contribution in [0.15, 0.2) is 141 Å². The number of hydrogen-bond acceptors (Lipinski definition) is 3. The van der Waals surface area contributed by atoms with Gasteiger partial charge < -0.3 is 10.2 Å². The second kappa shape index (κ2) is 15.7. The van der Waals surface area contributed by atoms with E-state index in [1.54, 1.807) is 13.0 Å². The number of allylic oxidation sites excluding steroid dienone is 22. The lowest BCUT2D eigenvalue weighted by atomic mass is 9.71. The third-order valence-corrected chi connectivity index (χ3v) is 8.16. The Hall–Kier alpha value is -3.69. The normalized spacial score (nSPS) is 22.9. The van der Waals surface area contributed by atoms with Gasteiger partial charge in [0, 0.05) is 11.0 Å². The molecule has 3 nitrogen and oxygen atoms in total. The molecule has 2 aliphatic rings. The Bertz CT molecular complexity index is 1430. The highest BCUT2D eigenvalue weighted by Gasteiger charge is 2.31. The lowest BCUT2D eigenvalue weighted by Gasteiger charge is -2.35. The molecule has 3 heteroatoms. The van der Waals surface area contributed by atoms with Crippen molar-refractivity contribution >= 4 is 5.78 Å². The summed E-state index contributed by atoms with van der Waals surface area (Å²) in [5, 5.41) is 20.1. The second-order valence-corrected chi connectivity index (χ2v) is 13.1. The fourth-order valence-corrected chi connectivity index (χ4v) is 5.31. The number of ketones is 1. The number of hydrogen-bond donors (Lipinski definition) is 2. The Balaban J connectivity index is 1.94. The molecule has 2 rings (SSSR count). The van der Waals surface area contributed by atoms with Crippen LogP contribution in [0.1, 0.15) is 82.1 Å². The van der Waals surface area contributed by atoms with E-state index in [1.807, 2.05) is 64.2 Å². The molecule has 0 bridgehead atoms. The van der Waals surface area contributed by atoms with Crippen molar-refractivity contribution in [3.63, 3.8) is 0 Å². The van der Waals surface area contributed by atoms with Crippen molar-refractivity contribution in [3.05, 3.63) is 141 Å². The molecule has 43 heavy (non-hydrogen) atoms. The van der Waals surface area contributed by atoms with Gasteiger partial charge in [-0.25, -0.2) is 0 Å².